The zero-order chi connectivity index (χ0) is 13.8. The summed E-state index contributed by atoms with van der Waals surface area (Å²) in [4.78, 5) is 13.8. The third-order valence-electron chi connectivity index (χ3n) is 3.61. The second-order valence-electron chi connectivity index (χ2n) is 5.23. The van der Waals surface area contributed by atoms with Crippen LogP contribution in [0.3, 0.4) is 0 Å². The SMILES string of the molecule is COC(=O)CC1CNC(C)CN1c1ccc(C)cc1. The molecule has 104 valence electrons. The Hall–Kier alpha value is -1.55. The van der Waals surface area contributed by atoms with E-state index < -0.39 is 0 Å². The van der Waals surface area contributed by atoms with E-state index in [1.165, 1.54) is 18.4 Å². The lowest BCUT2D eigenvalue weighted by molar-refractivity contribution is -0.141. The van der Waals surface area contributed by atoms with Gasteiger partial charge in [0.1, 0.15) is 0 Å². The predicted octanol–water partition coefficient (Wildman–Crippen LogP) is 1.72. The van der Waals surface area contributed by atoms with E-state index >= 15 is 0 Å². The number of piperazine rings is 1. The molecule has 2 rings (SSSR count). The van der Waals surface area contributed by atoms with Crippen molar-refractivity contribution in [3.63, 3.8) is 0 Å². The first kappa shape index (κ1) is 13.9. The Kier molecular flexibility index (Phi) is 4.43. The lowest BCUT2D eigenvalue weighted by atomic mass is 10.0. The zero-order valence-corrected chi connectivity index (χ0v) is 11.8. The number of hydrogen-bond acceptors (Lipinski definition) is 4. The fourth-order valence-corrected chi connectivity index (χ4v) is 2.47. The molecule has 0 spiro atoms. The van der Waals surface area contributed by atoms with Gasteiger partial charge in [-0.25, -0.2) is 0 Å². The van der Waals surface area contributed by atoms with Crippen molar-refractivity contribution in [2.75, 3.05) is 25.1 Å². The largest absolute Gasteiger partial charge is 0.469 e. The highest BCUT2D eigenvalue weighted by molar-refractivity contribution is 5.71. The van der Waals surface area contributed by atoms with Gasteiger partial charge in [-0.15, -0.1) is 0 Å². The number of carbonyl (C=O) groups excluding carboxylic acids is 1. The van der Waals surface area contributed by atoms with E-state index in [1.807, 2.05) is 0 Å². The molecule has 2 atom stereocenters. The predicted molar refractivity (Wildman–Crippen MR) is 76.4 cm³/mol. The number of methoxy groups -OCH3 is 1. The molecule has 1 saturated heterocycles. The molecular weight excluding hydrogens is 240 g/mol. The molecule has 0 amide bonds. The Morgan fingerprint density at radius 2 is 2.11 bits per heavy atom. The number of benzene rings is 1. The molecule has 1 N–H and O–H groups in total. The molecule has 0 radical (unpaired) electrons. The summed E-state index contributed by atoms with van der Waals surface area (Å²) in [7, 11) is 1.44. The van der Waals surface area contributed by atoms with Crippen LogP contribution in [0, 0.1) is 6.92 Å². The molecule has 0 aliphatic carbocycles. The van der Waals surface area contributed by atoms with Gasteiger partial charge in [0.2, 0.25) is 0 Å². The van der Waals surface area contributed by atoms with Crippen LogP contribution in [0.15, 0.2) is 24.3 Å². The molecule has 4 heteroatoms. The van der Waals surface area contributed by atoms with Crippen LogP contribution in [0.1, 0.15) is 18.9 Å². The summed E-state index contributed by atoms with van der Waals surface area (Å²) in [6.45, 7) is 5.96. The second kappa shape index (κ2) is 6.06. The van der Waals surface area contributed by atoms with Gasteiger partial charge in [0.15, 0.2) is 0 Å². The van der Waals surface area contributed by atoms with E-state index in [-0.39, 0.29) is 12.0 Å². The summed E-state index contributed by atoms with van der Waals surface area (Å²) in [5, 5.41) is 3.42. The van der Waals surface area contributed by atoms with Crippen molar-refractivity contribution in [3.05, 3.63) is 29.8 Å². The Balaban J connectivity index is 2.16. The number of esters is 1. The van der Waals surface area contributed by atoms with E-state index in [1.54, 1.807) is 0 Å². The van der Waals surface area contributed by atoms with Crippen LogP contribution in [0.25, 0.3) is 0 Å². The molecule has 19 heavy (non-hydrogen) atoms. The Morgan fingerprint density at radius 3 is 2.74 bits per heavy atom. The number of carbonyl (C=O) groups is 1. The summed E-state index contributed by atoms with van der Waals surface area (Å²) in [5.41, 5.74) is 2.42. The average Bonchev–Trinajstić information content (AvgIpc) is 2.41. The highest BCUT2D eigenvalue weighted by Crippen LogP contribution is 2.22. The number of ether oxygens (including phenoxy) is 1. The lowest BCUT2D eigenvalue weighted by Crippen LogP contribution is -2.56. The number of hydrogen-bond donors (Lipinski definition) is 1. The molecule has 0 aromatic heterocycles. The molecular formula is C15H22N2O2. The minimum atomic E-state index is -0.154. The lowest BCUT2D eigenvalue weighted by Gasteiger charge is -2.40. The quantitative estimate of drug-likeness (QED) is 0.842. The monoisotopic (exact) mass is 262 g/mol. The standard InChI is InChI=1S/C15H22N2O2/c1-11-4-6-13(7-5-11)17-10-12(2)16-9-14(17)8-15(18)19-3/h4-7,12,14,16H,8-10H2,1-3H3. The number of nitrogens with one attached hydrogen (secondary N) is 1. The minimum Gasteiger partial charge on any atom is -0.469 e. The van der Waals surface area contributed by atoms with Crippen molar-refractivity contribution >= 4 is 11.7 Å². The van der Waals surface area contributed by atoms with Gasteiger partial charge >= 0.3 is 5.97 Å². The Morgan fingerprint density at radius 1 is 1.42 bits per heavy atom. The van der Waals surface area contributed by atoms with Crippen molar-refractivity contribution in [2.24, 2.45) is 0 Å². The molecule has 1 aliphatic rings. The molecule has 1 aromatic carbocycles. The third kappa shape index (κ3) is 3.47. The van der Waals surface area contributed by atoms with E-state index in [2.05, 4.69) is 48.3 Å². The number of nitrogens with zero attached hydrogens (tertiary/aromatic N) is 1. The van der Waals surface area contributed by atoms with E-state index in [0.29, 0.717) is 12.5 Å². The summed E-state index contributed by atoms with van der Waals surface area (Å²) in [5.74, 6) is -0.154. The molecule has 1 fully saturated rings. The van der Waals surface area contributed by atoms with Crippen molar-refractivity contribution in [3.8, 4) is 0 Å². The van der Waals surface area contributed by atoms with E-state index in [4.69, 9.17) is 4.74 Å². The van der Waals surface area contributed by atoms with Crippen LogP contribution < -0.4 is 10.2 Å². The average molecular weight is 262 g/mol. The topological polar surface area (TPSA) is 41.6 Å². The van der Waals surface area contributed by atoms with Gasteiger partial charge in [-0.3, -0.25) is 4.79 Å². The minimum absolute atomic E-state index is 0.154. The maximum absolute atomic E-state index is 11.5. The van der Waals surface area contributed by atoms with E-state index in [9.17, 15) is 4.79 Å². The Bertz CT molecular complexity index is 430. The summed E-state index contributed by atoms with van der Waals surface area (Å²) >= 11 is 0. The first-order chi connectivity index (χ1) is 9.10. The van der Waals surface area contributed by atoms with Gasteiger partial charge in [-0.05, 0) is 26.0 Å². The van der Waals surface area contributed by atoms with Crippen LogP contribution in [-0.4, -0.2) is 38.3 Å². The number of rotatable bonds is 3. The Labute approximate surface area is 114 Å². The first-order valence-corrected chi connectivity index (χ1v) is 6.73. The smallest absolute Gasteiger partial charge is 0.307 e. The van der Waals surface area contributed by atoms with Crippen molar-refractivity contribution in [1.29, 1.82) is 0 Å². The van der Waals surface area contributed by atoms with E-state index in [0.717, 1.165) is 13.1 Å². The highest BCUT2D eigenvalue weighted by atomic mass is 16.5. The van der Waals surface area contributed by atoms with Crippen LogP contribution in [0.4, 0.5) is 5.69 Å². The molecule has 1 aromatic rings. The summed E-state index contributed by atoms with van der Waals surface area (Å²) in [6, 6.07) is 9.05. The van der Waals surface area contributed by atoms with Crippen molar-refractivity contribution < 1.29 is 9.53 Å². The molecule has 1 heterocycles. The molecule has 1 aliphatic heterocycles. The van der Waals surface area contributed by atoms with Gasteiger partial charge in [0.05, 0.1) is 19.6 Å². The van der Waals surface area contributed by atoms with Gasteiger partial charge in [-0.2, -0.15) is 0 Å². The molecule has 0 saturated carbocycles. The highest BCUT2D eigenvalue weighted by Gasteiger charge is 2.28. The molecule has 4 nitrogen and oxygen atoms in total. The maximum atomic E-state index is 11.5. The second-order valence-corrected chi connectivity index (χ2v) is 5.23. The molecule has 0 bridgehead atoms. The summed E-state index contributed by atoms with van der Waals surface area (Å²) < 4.78 is 4.79. The van der Waals surface area contributed by atoms with Crippen molar-refractivity contribution in [2.45, 2.75) is 32.4 Å². The van der Waals surface area contributed by atoms with Gasteiger partial charge in [0, 0.05) is 24.8 Å². The van der Waals surface area contributed by atoms with Gasteiger partial charge in [0.25, 0.3) is 0 Å². The fraction of sp³-hybridized carbons (Fsp3) is 0.533. The number of anilines is 1. The van der Waals surface area contributed by atoms with Crippen LogP contribution in [0.2, 0.25) is 0 Å². The zero-order valence-electron chi connectivity index (χ0n) is 11.8. The van der Waals surface area contributed by atoms with Crippen LogP contribution in [0.5, 0.6) is 0 Å². The molecule has 2 unspecified atom stereocenters. The van der Waals surface area contributed by atoms with Crippen LogP contribution in [-0.2, 0) is 9.53 Å². The first-order valence-electron chi connectivity index (χ1n) is 6.73. The van der Waals surface area contributed by atoms with Crippen LogP contribution >= 0.6 is 0 Å². The maximum Gasteiger partial charge on any atom is 0.307 e. The van der Waals surface area contributed by atoms with Gasteiger partial charge in [-0.1, -0.05) is 17.7 Å². The van der Waals surface area contributed by atoms with Crippen molar-refractivity contribution in [1.82, 2.24) is 5.32 Å². The summed E-state index contributed by atoms with van der Waals surface area (Å²) in [6.07, 6.45) is 0.421. The third-order valence-corrected chi connectivity index (χ3v) is 3.61. The fourth-order valence-electron chi connectivity index (χ4n) is 2.47. The number of aryl methyl sites for hydroxylation is 1. The van der Waals surface area contributed by atoms with Gasteiger partial charge < -0.3 is 15.0 Å². The normalized spacial score (nSPS) is 23.2.